The van der Waals surface area contributed by atoms with Gasteiger partial charge in [-0.2, -0.15) is 0 Å². The minimum absolute atomic E-state index is 0.117. The molecule has 2 aromatic heterocycles. The Bertz CT molecular complexity index is 1320. The summed E-state index contributed by atoms with van der Waals surface area (Å²) in [6.07, 6.45) is 0.859. The van der Waals surface area contributed by atoms with E-state index in [4.69, 9.17) is 9.97 Å². The second-order valence-corrected chi connectivity index (χ2v) is 10.1. The van der Waals surface area contributed by atoms with Crippen LogP contribution in [-0.4, -0.2) is 33.9 Å². The summed E-state index contributed by atoms with van der Waals surface area (Å²) in [7, 11) is 0. The number of fused-ring (bicyclic) bond motifs is 2. The number of hydrogen-bond donors (Lipinski definition) is 1. The number of hydrogen-bond acceptors (Lipinski definition) is 5. The standard InChI is InChI=1S/C25H23BrN4OS/c1-3-30-13-12-21-19(14-30)22(18-6-4-5-7-20(18)27-21)24(31)29-25-28-23(15(2)32-25)16-8-10-17(26)11-9-16/h4-11H,3,12-14H2,1-2H3,(H,28,29,31). The molecule has 5 nitrogen and oxygen atoms in total. The zero-order chi connectivity index (χ0) is 22.2. The number of pyridine rings is 1. The van der Waals surface area contributed by atoms with Gasteiger partial charge in [-0.15, -0.1) is 11.3 Å². The van der Waals surface area contributed by atoms with Crippen LogP contribution in [0.5, 0.6) is 0 Å². The average Bonchev–Trinajstić information content (AvgIpc) is 3.17. The Hall–Kier alpha value is -2.61. The van der Waals surface area contributed by atoms with Crippen molar-refractivity contribution in [1.29, 1.82) is 0 Å². The van der Waals surface area contributed by atoms with Crippen molar-refractivity contribution in [2.75, 3.05) is 18.4 Å². The first-order valence-corrected chi connectivity index (χ1v) is 12.3. The third-order valence-electron chi connectivity index (χ3n) is 5.93. The molecule has 3 heterocycles. The fraction of sp³-hybridized carbons (Fsp3) is 0.240. The summed E-state index contributed by atoms with van der Waals surface area (Å²) < 4.78 is 1.03. The third kappa shape index (κ3) is 3.96. The molecule has 0 bridgehead atoms. The molecule has 1 aliphatic rings. The number of carbonyl (C=O) groups is 1. The van der Waals surface area contributed by atoms with E-state index in [0.717, 1.165) is 74.4 Å². The van der Waals surface area contributed by atoms with E-state index in [0.29, 0.717) is 5.13 Å². The Balaban J connectivity index is 1.53. The van der Waals surface area contributed by atoms with E-state index in [9.17, 15) is 4.79 Å². The molecule has 1 amide bonds. The minimum Gasteiger partial charge on any atom is -0.299 e. The Morgan fingerprint density at radius 3 is 2.72 bits per heavy atom. The molecule has 0 saturated heterocycles. The van der Waals surface area contributed by atoms with Crippen molar-refractivity contribution in [2.45, 2.75) is 26.8 Å². The fourth-order valence-corrected chi connectivity index (χ4v) is 5.36. The molecule has 1 aliphatic heterocycles. The summed E-state index contributed by atoms with van der Waals surface area (Å²) in [6.45, 7) is 6.86. The molecule has 7 heteroatoms. The number of nitrogens with zero attached hydrogens (tertiary/aromatic N) is 3. The maximum atomic E-state index is 13.6. The minimum atomic E-state index is -0.117. The lowest BCUT2D eigenvalue weighted by Crippen LogP contribution is -2.33. The zero-order valence-electron chi connectivity index (χ0n) is 18.0. The second-order valence-electron chi connectivity index (χ2n) is 7.93. The van der Waals surface area contributed by atoms with Gasteiger partial charge in [0.15, 0.2) is 5.13 Å². The van der Waals surface area contributed by atoms with Crippen LogP contribution in [0.2, 0.25) is 0 Å². The molecular weight excluding hydrogens is 484 g/mol. The first-order chi connectivity index (χ1) is 15.5. The number of amides is 1. The highest BCUT2D eigenvalue weighted by atomic mass is 79.9. The fourth-order valence-electron chi connectivity index (χ4n) is 4.26. The van der Waals surface area contributed by atoms with Gasteiger partial charge in [-0.25, -0.2) is 4.98 Å². The first-order valence-electron chi connectivity index (χ1n) is 10.7. The summed E-state index contributed by atoms with van der Waals surface area (Å²) in [5.41, 5.74) is 5.60. The van der Waals surface area contributed by atoms with E-state index in [1.807, 2.05) is 55.5 Å². The summed E-state index contributed by atoms with van der Waals surface area (Å²) >= 11 is 4.98. The van der Waals surface area contributed by atoms with Gasteiger partial charge in [0.1, 0.15) is 0 Å². The Labute approximate surface area is 199 Å². The molecule has 162 valence electrons. The molecule has 0 radical (unpaired) electrons. The Morgan fingerprint density at radius 1 is 1.16 bits per heavy atom. The van der Waals surface area contributed by atoms with E-state index in [1.54, 1.807) is 0 Å². The topological polar surface area (TPSA) is 58.1 Å². The van der Waals surface area contributed by atoms with E-state index in [1.165, 1.54) is 11.3 Å². The Kier molecular flexibility index (Phi) is 5.80. The maximum Gasteiger partial charge on any atom is 0.258 e. The van der Waals surface area contributed by atoms with Crippen molar-refractivity contribution in [1.82, 2.24) is 14.9 Å². The summed E-state index contributed by atoms with van der Waals surface area (Å²) in [4.78, 5) is 26.6. The number of thiazole rings is 1. The number of aryl methyl sites for hydroxylation is 1. The largest absolute Gasteiger partial charge is 0.299 e. The predicted molar refractivity (Wildman–Crippen MR) is 134 cm³/mol. The SMILES string of the molecule is CCN1CCc2nc3ccccc3c(C(=O)Nc3nc(-c4ccc(Br)cc4)c(C)s3)c2C1. The molecule has 2 aromatic carbocycles. The highest BCUT2D eigenvalue weighted by Crippen LogP contribution is 2.33. The van der Waals surface area contributed by atoms with Gasteiger partial charge in [-0.3, -0.25) is 20.0 Å². The van der Waals surface area contributed by atoms with Gasteiger partial charge in [-0.1, -0.05) is 53.2 Å². The number of halogens is 1. The number of rotatable bonds is 4. The van der Waals surface area contributed by atoms with Crippen LogP contribution >= 0.6 is 27.3 Å². The van der Waals surface area contributed by atoms with Crippen molar-refractivity contribution >= 4 is 49.2 Å². The summed E-state index contributed by atoms with van der Waals surface area (Å²) in [5.74, 6) is -0.117. The van der Waals surface area contributed by atoms with Crippen molar-refractivity contribution in [2.24, 2.45) is 0 Å². The first kappa shape index (κ1) is 21.2. The van der Waals surface area contributed by atoms with Gasteiger partial charge in [0.25, 0.3) is 5.91 Å². The lowest BCUT2D eigenvalue weighted by atomic mass is 9.95. The summed E-state index contributed by atoms with van der Waals surface area (Å²) in [5, 5.41) is 4.59. The van der Waals surface area contributed by atoms with Crippen molar-refractivity contribution in [3.05, 3.63) is 74.7 Å². The Morgan fingerprint density at radius 2 is 1.94 bits per heavy atom. The number of carbonyl (C=O) groups excluding carboxylic acids is 1. The molecule has 0 fully saturated rings. The molecule has 32 heavy (non-hydrogen) atoms. The van der Waals surface area contributed by atoms with Gasteiger partial charge in [-0.05, 0) is 31.7 Å². The second kappa shape index (κ2) is 8.73. The zero-order valence-corrected chi connectivity index (χ0v) is 20.4. The van der Waals surface area contributed by atoms with Gasteiger partial charge in [0, 0.05) is 51.1 Å². The van der Waals surface area contributed by atoms with Crippen LogP contribution in [0.25, 0.3) is 22.2 Å². The van der Waals surface area contributed by atoms with Gasteiger partial charge >= 0.3 is 0 Å². The van der Waals surface area contributed by atoms with Gasteiger partial charge in [0.2, 0.25) is 0 Å². The van der Waals surface area contributed by atoms with Crippen molar-refractivity contribution < 1.29 is 4.79 Å². The monoisotopic (exact) mass is 506 g/mol. The lowest BCUT2D eigenvalue weighted by Gasteiger charge is -2.29. The van der Waals surface area contributed by atoms with Crippen LogP contribution in [0.3, 0.4) is 0 Å². The van der Waals surface area contributed by atoms with E-state index in [-0.39, 0.29) is 5.91 Å². The number of para-hydroxylation sites is 1. The average molecular weight is 507 g/mol. The molecule has 1 N–H and O–H groups in total. The van der Waals surface area contributed by atoms with E-state index in [2.05, 4.69) is 33.1 Å². The molecule has 0 atom stereocenters. The van der Waals surface area contributed by atoms with Crippen LogP contribution < -0.4 is 5.32 Å². The maximum absolute atomic E-state index is 13.6. The van der Waals surface area contributed by atoms with E-state index >= 15 is 0 Å². The van der Waals surface area contributed by atoms with Crippen molar-refractivity contribution in [3.63, 3.8) is 0 Å². The molecule has 5 rings (SSSR count). The van der Waals surface area contributed by atoms with Gasteiger partial charge < -0.3 is 0 Å². The highest BCUT2D eigenvalue weighted by molar-refractivity contribution is 9.10. The third-order valence-corrected chi connectivity index (χ3v) is 7.35. The van der Waals surface area contributed by atoms with Crippen LogP contribution in [0.1, 0.15) is 33.4 Å². The number of aromatic nitrogens is 2. The van der Waals surface area contributed by atoms with Crippen LogP contribution in [0.4, 0.5) is 5.13 Å². The van der Waals surface area contributed by atoms with Crippen LogP contribution in [0, 0.1) is 6.92 Å². The quantitative estimate of drug-likeness (QED) is 0.365. The predicted octanol–water partition coefficient (Wildman–Crippen LogP) is 6.06. The van der Waals surface area contributed by atoms with Crippen LogP contribution in [-0.2, 0) is 13.0 Å². The number of anilines is 1. The molecule has 0 saturated carbocycles. The smallest absolute Gasteiger partial charge is 0.258 e. The summed E-state index contributed by atoms with van der Waals surface area (Å²) in [6, 6.07) is 16.0. The van der Waals surface area contributed by atoms with E-state index < -0.39 is 0 Å². The molecule has 0 unspecified atom stereocenters. The number of nitrogens with one attached hydrogen (secondary N) is 1. The highest BCUT2D eigenvalue weighted by Gasteiger charge is 2.26. The molecule has 0 aliphatic carbocycles. The van der Waals surface area contributed by atoms with Crippen molar-refractivity contribution in [3.8, 4) is 11.3 Å². The normalized spacial score (nSPS) is 13.8. The lowest BCUT2D eigenvalue weighted by molar-refractivity contribution is 0.102. The number of benzene rings is 2. The molecule has 4 aromatic rings. The molecule has 0 spiro atoms. The molecular formula is C25H23BrN4OS. The number of likely N-dealkylation sites (N-methyl/N-ethyl adjacent to an activating group) is 1. The van der Waals surface area contributed by atoms with Crippen LogP contribution in [0.15, 0.2) is 53.0 Å². The van der Waals surface area contributed by atoms with Gasteiger partial charge in [0.05, 0.1) is 16.8 Å².